The maximum absolute atomic E-state index is 13.6. The number of alkyl halides is 3. The summed E-state index contributed by atoms with van der Waals surface area (Å²) in [4.78, 5) is 26.2. The molecule has 1 amide bonds. The van der Waals surface area contributed by atoms with Crippen LogP contribution in [0.5, 0.6) is 0 Å². The number of rotatable bonds is 4. The van der Waals surface area contributed by atoms with Crippen LogP contribution in [-0.2, 0) is 6.18 Å². The highest BCUT2D eigenvalue weighted by atomic mass is 19.4. The van der Waals surface area contributed by atoms with Crippen LogP contribution < -0.4 is 11.3 Å². The van der Waals surface area contributed by atoms with Crippen molar-refractivity contribution in [3.63, 3.8) is 0 Å². The third kappa shape index (κ3) is 4.32. The monoisotopic (exact) mass is 454 g/mol. The Morgan fingerprint density at radius 2 is 1.67 bits per heavy atom. The molecule has 1 aromatic heterocycles. The number of amides is 1. The normalized spacial score (nSPS) is 14.9. The Morgan fingerprint density at radius 1 is 1.00 bits per heavy atom. The average molecular weight is 454 g/mol. The molecule has 0 saturated heterocycles. The lowest BCUT2D eigenvalue weighted by molar-refractivity contribution is -0.137. The molecule has 0 unspecified atom stereocenters. The quantitative estimate of drug-likeness (QED) is 0.527. The fourth-order valence-corrected chi connectivity index (χ4v) is 4.95. The van der Waals surface area contributed by atoms with Gasteiger partial charge in [0.25, 0.3) is 11.5 Å². The summed E-state index contributed by atoms with van der Waals surface area (Å²) in [7, 11) is 0. The second kappa shape index (κ2) is 8.89. The molecule has 1 aliphatic rings. The van der Waals surface area contributed by atoms with E-state index in [4.69, 9.17) is 5.73 Å². The van der Waals surface area contributed by atoms with E-state index in [9.17, 15) is 22.8 Å². The SMILES string of the molecule is Cc1c(-c2ccccc2)c(C2CCCCC2)c(C(N)=O)c(=O)n1-c1cccc(C(F)(F)F)c1. The number of halogens is 3. The van der Waals surface area contributed by atoms with Crippen molar-refractivity contribution in [2.75, 3.05) is 0 Å². The highest BCUT2D eigenvalue weighted by Crippen LogP contribution is 2.41. The molecule has 3 aromatic rings. The van der Waals surface area contributed by atoms with Crippen LogP contribution in [0, 0.1) is 6.92 Å². The van der Waals surface area contributed by atoms with Crippen LogP contribution >= 0.6 is 0 Å². The van der Waals surface area contributed by atoms with E-state index in [1.165, 1.54) is 16.7 Å². The Labute approximate surface area is 189 Å². The number of nitrogens with zero attached hydrogens (tertiary/aromatic N) is 1. The Morgan fingerprint density at radius 3 is 2.27 bits per heavy atom. The van der Waals surface area contributed by atoms with E-state index >= 15 is 0 Å². The fourth-order valence-electron chi connectivity index (χ4n) is 4.95. The van der Waals surface area contributed by atoms with Crippen molar-refractivity contribution in [1.82, 2.24) is 4.57 Å². The van der Waals surface area contributed by atoms with Crippen LogP contribution in [0.15, 0.2) is 59.4 Å². The summed E-state index contributed by atoms with van der Waals surface area (Å²) in [6, 6.07) is 13.9. The number of hydrogen-bond donors (Lipinski definition) is 1. The largest absolute Gasteiger partial charge is 0.416 e. The summed E-state index contributed by atoms with van der Waals surface area (Å²) in [6.07, 6.45) is 0.131. The molecule has 33 heavy (non-hydrogen) atoms. The van der Waals surface area contributed by atoms with Gasteiger partial charge < -0.3 is 5.73 Å². The number of hydrogen-bond acceptors (Lipinski definition) is 2. The van der Waals surface area contributed by atoms with Crippen LogP contribution in [0.1, 0.15) is 65.2 Å². The van der Waals surface area contributed by atoms with E-state index in [2.05, 4.69) is 0 Å². The first-order chi connectivity index (χ1) is 15.7. The third-order valence-electron chi connectivity index (χ3n) is 6.41. The molecule has 1 heterocycles. The van der Waals surface area contributed by atoms with Crippen molar-refractivity contribution in [1.29, 1.82) is 0 Å². The summed E-state index contributed by atoms with van der Waals surface area (Å²) < 4.78 is 41.3. The molecule has 1 fully saturated rings. The van der Waals surface area contributed by atoms with Gasteiger partial charge in [-0.25, -0.2) is 0 Å². The second-order valence-corrected chi connectivity index (χ2v) is 8.50. The average Bonchev–Trinajstić information content (AvgIpc) is 2.79. The Hall–Kier alpha value is -3.35. The minimum Gasteiger partial charge on any atom is -0.365 e. The minimum atomic E-state index is -4.57. The topological polar surface area (TPSA) is 65.1 Å². The first-order valence-corrected chi connectivity index (χ1v) is 11.0. The summed E-state index contributed by atoms with van der Waals surface area (Å²) in [5.41, 5.74) is 6.68. The Bertz CT molecular complexity index is 1240. The van der Waals surface area contributed by atoms with Gasteiger partial charge in [-0.3, -0.25) is 14.2 Å². The summed E-state index contributed by atoms with van der Waals surface area (Å²) in [6.45, 7) is 1.71. The number of primary amides is 1. The van der Waals surface area contributed by atoms with E-state index < -0.39 is 23.2 Å². The zero-order chi connectivity index (χ0) is 23.8. The molecule has 7 heteroatoms. The minimum absolute atomic E-state index is 0.0148. The van der Waals surface area contributed by atoms with Gasteiger partial charge in [-0.2, -0.15) is 13.2 Å². The van der Waals surface area contributed by atoms with Crippen LogP contribution in [0.3, 0.4) is 0 Å². The van der Waals surface area contributed by atoms with Crippen molar-refractivity contribution in [3.05, 3.63) is 87.3 Å². The number of pyridine rings is 1. The predicted molar refractivity (Wildman–Crippen MR) is 122 cm³/mol. The van der Waals surface area contributed by atoms with Crippen LogP contribution in [0.25, 0.3) is 16.8 Å². The zero-order valence-corrected chi connectivity index (χ0v) is 18.3. The van der Waals surface area contributed by atoms with Gasteiger partial charge in [0.05, 0.1) is 5.56 Å². The molecule has 0 aliphatic heterocycles. The molecule has 0 atom stereocenters. The lowest BCUT2D eigenvalue weighted by Gasteiger charge is -2.29. The molecule has 4 rings (SSSR count). The van der Waals surface area contributed by atoms with Gasteiger partial charge in [0.1, 0.15) is 5.56 Å². The number of carbonyl (C=O) groups excluding carboxylic acids is 1. The molecule has 0 spiro atoms. The number of benzene rings is 2. The van der Waals surface area contributed by atoms with E-state index in [0.717, 1.165) is 49.8 Å². The van der Waals surface area contributed by atoms with Gasteiger partial charge in [0, 0.05) is 16.9 Å². The molecule has 0 bridgehead atoms. The maximum Gasteiger partial charge on any atom is 0.416 e. The fraction of sp³-hybridized carbons (Fsp3) is 0.308. The van der Waals surface area contributed by atoms with E-state index in [-0.39, 0.29) is 17.2 Å². The highest BCUT2D eigenvalue weighted by Gasteiger charge is 2.33. The molecule has 1 aliphatic carbocycles. The molecular formula is C26H25F3N2O2. The van der Waals surface area contributed by atoms with E-state index in [1.807, 2.05) is 30.3 Å². The molecule has 2 aromatic carbocycles. The van der Waals surface area contributed by atoms with Gasteiger partial charge in [-0.15, -0.1) is 0 Å². The summed E-state index contributed by atoms with van der Waals surface area (Å²) in [5, 5.41) is 0. The zero-order valence-electron chi connectivity index (χ0n) is 18.3. The second-order valence-electron chi connectivity index (χ2n) is 8.50. The van der Waals surface area contributed by atoms with Gasteiger partial charge in [-0.1, -0.05) is 55.7 Å². The van der Waals surface area contributed by atoms with Crippen molar-refractivity contribution >= 4 is 5.91 Å². The van der Waals surface area contributed by atoms with Gasteiger partial charge in [-0.05, 0) is 55.0 Å². The predicted octanol–water partition coefficient (Wildman–Crippen LogP) is 5.98. The molecule has 0 radical (unpaired) electrons. The van der Waals surface area contributed by atoms with Crippen molar-refractivity contribution in [3.8, 4) is 16.8 Å². The first kappa shape index (κ1) is 22.8. The van der Waals surface area contributed by atoms with Crippen LogP contribution in [0.4, 0.5) is 13.2 Å². The summed E-state index contributed by atoms with van der Waals surface area (Å²) >= 11 is 0. The molecule has 172 valence electrons. The van der Waals surface area contributed by atoms with Crippen LogP contribution in [-0.4, -0.2) is 10.5 Å². The molecule has 4 nitrogen and oxygen atoms in total. The Kier molecular flexibility index (Phi) is 6.15. The van der Waals surface area contributed by atoms with Crippen molar-refractivity contribution < 1.29 is 18.0 Å². The molecule has 2 N–H and O–H groups in total. The standard InChI is InChI=1S/C26H25F3N2O2/c1-16-21(17-9-4-2-5-10-17)22(18-11-6-3-7-12-18)23(24(30)32)25(33)31(16)20-14-8-13-19(15-20)26(27,28)29/h2,4-5,8-10,13-15,18H,3,6-7,11-12H2,1H3,(H2,30,32). The Balaban J connectivity index is 2.09. The third-order valence-corrected chi connectivity index (χ3v) is 6.41. The van der Waals surface area contributed by atoms with Crippen LogP contribution in [0.2, 0.25) is 0 Å². The molecule has 1 saturated carbocycles. The number of aromatic nitrogens is 1. The smallest absolute Gasteiger partial charge is 0.365 e. The number of carbonyl (C=O) groups is 1. The number of nitrogens with two attached hydrogens (primary N) is 1. The van der Waals surface area contributed by atoms with Gasteiger partial charge >= 0.3 is 6.18 Å². The van der Waals surface area contributed by atoms with Gasteiger partial charge in [0.15, 0.2) is 0 Å². The van der Waals surface area contributed by atoms with Crippen molar-refractivity contribution in [2.24, 2.45) is 5.73 Å². The van der Waals surface area contributed by atoms with Gasteiger partial charge in [0.2, 0.25) is 0 Å². The first-order valence-electron chi connectivity index (χ1n) is 11.0. The van der Waals surface area contributed by atoms with E-state index in [0.29, 0.717) is 16.8 Å². The highest BCUT2D eigenvalue weighted by molar-refractivity contribution is 5.97. The lowest BCUT2D eigenvalue weighted by atomic mass is 9.78. The maximum atomic E-state index is 13.6. The molecular weight excluding hydrogens is 429 g/mol. The lowest BCUT2D eigenvalue weighted by Crippen LogP contribution is -2.34. The van der Waals surface area contributed by atoms with E-state index in [1.54, 1.807) is 6.92 Å². The van der Waals surface area contributed by atoms with Crippen molar-refractivity contribution in [2.45, 2.75) is 51.1 Å². The summed E-state index contributed by atoms with van der Waals surface area (Å²) in [5.74, 6) is -0.877.